The van der Waals surface area contributed by atoms with Gasteiger partial charge in [0.25, 0.3) is 5.56 Å². The third kappa shape index (κ3) is 2.99. The molecule has 0 atom stereocenters. The highest BCUT2D eigenvalue weighted by molar-refractivity contribution is 6.30. The zero-order valence-electron chi connectivity index (χ0n) is 15.8. The first-order valence-electron chi connectivity index (χ1n) is 8.77. The van der Waals surface area contributed by atoms with Crippen LogP contribution < -0.4 is 19.8 Å². The van der Waals surface area contributed by atoms with Gasteiger partial charge in [-0.15, -0.1) is 0 Å². The Bertz CT molecular complexity index is 1140. The minimum atomic E-state index is -0.0733. The number of hydrogen-bond donors (Lipinski definition) is 0. The molecule has 4 rings (SSSR count). The van der Waals surface area contributed by atoms with Gasteiger partial charge >= 0.3 is 0 Å². The van der Waals surface area contributed by atoms with Gasteiger partial charge in [0.05, 0.1) is 32.0 Å². The third-order valence-electron chi connectivity index (χ3n) is 4.86. The molecule has 0 fully saturated rings. The summed E-state index contributed by atoms with van der Waals surface area (Å²) in [5.41, 5.74) is 3.83. The Morgan fingerprint density at radius 2 is 1.79 bits per heavy atom. The first kappa shape index (κ1) is 18.4. The molecule has 28 heavy (non-hydrogen) atoms. The molecule has 1 aromatic carbocycles. The second-order valence-electron chi connectivity index (χ2n) is 6.45. The van der Waals surface area contributed by atoms with Gasteiger partial charge in [0.15, 0.2) is 11.5 Å². The molecule has 2 heterocycles. The number of hydrogen-bond acceptors (Lipinski definition) is 5. The predicted molar refractivity (Wildman–Crippen MR) is 109 cm³/mol. The van der Waals surface area contributed by atoms with Gasteiger partial charge in [0.2, 0.25) is 5.75 Å². The number of allylic oxidation sites excluding steroid dienone is 1. The molecule has 0 saturated carbocycles. The fourth-order valence-corrected chi connectivity index (χ4v) is 3.71. The van der Waals surface area contributed by atoms with Gasteiger partial charge in [-0.25, -0.2) is 4.98 Å². The molecule has 6 nitrogen and oxygen atoms in total. The first-order chi connectivity index (χ1) is 13.5. The molecule has 1 aliphatic carbocycles. The Morgan fingerprint density at radius 3 is 2.43 bits per heavy atom. The average Bonchev–Trinajstić information content (AvgIpc) is 3.10. The first-order valence-corrected chi connectivity index (χ1v) is 9.15. The van der Waals surface area contributed by atoms with Crippen LogP contribution in [-0.4, -0.2) is 30.7 Å². The number of aromatic nitrogens is 2. The van der Waals surface area contributed by atoms with Crippen LogP contribution in [0, 0.1) is 0 Å². The van der Waals surface area contributed by atoms with Gasteiger partial charge in [-0.1, -0.05) is 11.6 Å². The van der Waals surface area contributed by atoms with E-state index < -0.39 is 0 Å². The van der Waals surface area contributed by atoms with E-state index in [-0.39, 0.29) is 5.56 Å². The Labute approximate surface area is 167 Å². The largest absolute Gasteiger partial charge is 0.493 e. The molecule has 7 heteroatoms. The van der Waals surface area contributed by atoms with E-state index in [2.05, 4.69) is 0 Å². The van der Waals surface area contributed by atoms with Crippen molar-refractivity contribution in [2.75, 3.05) is 21.3 Å². The maximum atomic E-state index is 12.8. The second-order valence-corrected chi connectivity index (χ2v) is 6.88. The number of methoxy groups -OCH3 is 3. The molecule has 0 spiro atoms. The predicted octanol–water partition coefficient (Wildman–Crippen LogP) is 3.86. The maximum Gasteiger partial charge on any atom is 0.261 e. The third-order valence-corrected chi connectivity index (χ3v) is 5.08. The maximum absolute atomic E-state index is 12.8. The molecule has 0 bridgehead atoms. The molecule has 144 valence electrons. The standard InChI is InChI=1S/C21H19ClN2O4/c1-26-16-9-12(10-17(27-2)20(16)28-3)8-13-4-6-15-19(13)23-18-7-5-14(22)11-24(18)21(15)25/h5,7-11H,4,6H2,1-3H3/b13-8-. The lowest BCUT2D eigenvalue weighted by atomic mass is 10.1. The molecule has 3 aromatic rings. The summed E-state index contributed by atoms with van der Waals surface area (Å²) >= 11 is 6.03. The summed E-state index contributed by atoms with van der Waals surface area (Å²) in [4.78, 5) is 17.5. The number of halogens is 1. The van der Waals surface area contributed by atoms with Gasteiger partial charge in [0.1, 0.15) is 5.65 Å². The average molecular weight is 399 g/mol. The van der Waals surface area contributed by atoms with Crippen molar-refractivity contribution >= 4 is 28.9 Å². The molecule has 0 radical (unpaired) electrons. The molecule has 2 aromatic heterocycles. The zero-order valence-corrected chi connectivity index (χ0v) is 16.5. The summed E-state index contributed by atoms with van der Waals surface area (Å²) in [5, 5.41) is 0.502. The van der Waals surface area contributed by atoms with Gasteiger partial charge in [-0.05, 0) is 54.3 Å². The number of fused-ring (bicyclic) bond motifs is 2. The van der Waals surface area contributed by atoms with Crippen molar-refractivity contribution < 1.29 is 14.2 Å². The van der Waals surface area contributed by atoms with Crippen molar-refractivity contribution in [3.63, 3.8) is 0 Å². The summed E-state index contributed by atoms with van der Waals surface area (Å²) in [6, 6.07) is 7.23. The highest BCUT2D eigenvalue weighted by atomic mass is 35.5. The molecular formula is C21H19ClN2O4. The highest BCUT2D eigenvalue weighted by Gasteiger charge is 2.23. The van der Waals surface area contributed by atoms with Crippen LogP contribution in [0.1, 0.15) is 23.2 Å². The Morgan fingerprint density at radius 1 is 1.07 bits per heavy atom. The smallest absolute Gasteiger partial charge is 0.261 e. The number of rotatable bonds is 4. The number of ether oxygens (including phenoxy) is 3. The van der Waals surface area contributed by atoms with Gasteiger partial charge < -0.3 is 14.2 Å². The van der Waals surface area contributed by atoms with E-state index in [4.69, 9.17) is 30.8 Å². The number of benzene rings is 1. The quantitative estimate of drug-likeness (QED) is 0.667. The molecule has 0 saturated heterocycles. The van der Waals surface area contributed by atoms with Crippen LogP contribution in [0.5, 0.6) is 17.2 Å². The normalized spacial score (nSPS) is 14.4. The topological polar surface area (TPSA) is 62.1 Å². The Kier molecular flexibility index (Phi) is 4.73. The van der Waals surface area contributed by atoms with Crippen LogP contribution >= 0.6 is 11.6 Å². The molecule has 0 aliphatic heterocycles. The lowest BCUT2D eigenvalue weighted by molar-refractivity contribution is 0.324. The van der Waals surface area contributed by atoms with E-state index in [0.717, 1.165) is 23.3 Å². The van der Waals surface area contributed by atoms with E-state index in [0.29, 0.717) is 39.9 Å². The summed E-state index contributed by atoms with van der Waals surface area (Å²) in [5.74, 6) is 1.69. The van der Waals surface area contributed by atoms with Gasteiger partial charge in [-0.2, -0.15) is 0 Å². The van der Waals surface area contributed by atoms with E-state index >= 15 is 0 Å². The Balaban J connectivity index is 1.86. The molecule has 0 unspecified atom stereocenters. The van der Waals surface area contributed by atoms with E-state index in [1.54, 1.807) is 39.7 Å². The van der Waals surface area contributed by atoms with E-state index in [1.165, 1.54) is 4.40 Å². The Hall–Kier alpha value is -2.99. The summed E-state index contributed by atoms with van der Waals surface area (Å²) in [7, 11) is 4.73. The molecule has 1 aliphatic rings. The van der Waals surface area contributed by atoms with Crippen molar-refractivity contribution in [2.45, 2.75) is 12.8 Å². The lowest BCUT2D eigenvalue weighted by Gasteiger charge is -2.13. The minimum Gasteiger partial charge on any atom is -0.493 e. The van der Waals surface area contributed by atoms with Gasteiger partial charge in [-0.3, -0.25) is 9.20 Å². The monoisotopic (exact) mass is 398 g/mol. The molecular weight excluding hydrogens is 380 g/mol. The molecule has 0 N–H and O–H groups in total. The van der Waals surface area contributed by atoms with Crippen LogP contribution in [-0.2, 0) is 6.42 Å². The summed E-state index contributed by atoms with van der Waals surface area (Å²) < 4.78 is 17.7. The number of nitrogens with zero attached hydrogens (tertiary/aromatic N) is 2. The van der Waals surface area contributed by atoms with Crippen LogP contribution in [0.2, 0.25) is 5.02 Å². The minimum absolute atomic E-state index is 0.0733. The van der Waals surface area contributed by atoms with Crippen LogP contribution in [0.25, 0.3) is 17.3 Å². The van der Waals surface area contributed by atoms with Crippen molar-refractivity contribution in [2.24, 2.45) is 0 Å². The van der Waals surface area contributed by atoms with E-state index in [1.807, 2.05) is 18.2 Å². The van der Waals surface area contributed by atoms with E-state index in [9.17, 15) is 4.79 Å². The van der Waals surface area contributed by atoms with Crippen molar-refractivity contribution in [3.05, 3.63) is 62.7 Å². The fraction of sp³-hybridized carbons (Fsp3) is 0.238. The second kappa shape index (κ2) is 7.20. The summed E-state index contributed by atoms with van der Waals surface area (Å²) in [6.45, 7) is 0. The zero-order chi connectivity index (χ0) is 19.8. The lowest BCUT2D eigenvalue weighted by Crippen LogP contribution is -2.19. The van der Waals surface area contributed by atoms with Crippen molar-refractivity contribution in [3.8, 4) is 17.2 Å². The fourth-order valence-electron chi connectivity index (χ4n) is 3.54. The van der Waals surface area contributed by atoms with Crippen molar-refractivity contribution in [1.82, 2.24) is 9.38 Å². The van der Waals surface area contributed by atoms with Crippen molar-refractivity contribution in [1.29, 1.82) is 0 Å². The SMILES string of the molecule is COc1cc(/C=C2/CCc3c2nc2ccc(Cl)cn2c3=O)cc(OC)c1OC. The number of pyridine rings is 1. The molecule has 0 amide bonds. The van der Waals surface area contributed by atoms with Crippen LogP contribution in [0.4, 0.5) is 0 Å². The summed E-state index contributed by atoms with van der Waals surface area (Å²) in [6.07, 6.45) is 4.99. The van der Waals surface area contributed by atoms with Crippen LogP contribution in [0.3, 0.4) is 0 Å². The van der Waals surface area contributed by atoms with Gasteiger partial charge in [0, 0.05) is 11.8 Å². The highest BCUT2D eigenvalue weighted by Crippen LogP contribution is 2.40. The van der Waals surface area contributed by atoms with Crippen LogP contribution in [0.15, 0.2) is 35.3 Å².